The summed E-state index contributed by atoms with van der Waals surface area (Å²) in [7, 11) is 0. The van der Waals surface area contributed by atoms with Gasteiger partial charge in [0.15, 0.2) is 0 Å². The summed E-state index contributed by atoms with van der Waals surface area (Å²) < 4.78 is 34.5. The Balaban J connectivity index is 1.45. The molecular weight excluding hydrogens is 448 g/mol. The van der Waals surface area contributed by atoms with E-state index in [1.54, 1.807) is 0 Å². The second-order valence-electron chi connectivity index (χ2n) is 8.16. The lowest BCUT2D eigenvalue weighted by atomic mass is 10.2. The van der Waals surface area contributed by atoms with E-state index in [0.717, 1.165) is 27.9 Å². The molecule has 0 spiro atoms. The molecule has 2 atom stereocenters. The number of nitrogens with zero attached hydrogens (tertiary/aromatic N) is 2. The van der Waals surface area contributed by atoms with Crippen molar-refractivity contribution in [1.29, 1.82) is 0 Å². The maximum atomic E-state index is 13.8. The maximum absolute atomic E-state index is 13.8. The van der Waals surface area contributed by atoms with Crippen molar-refractivity contribution >= 4 is 40.2 Å². The lowest BCUT2D eigenvalue weighted by Crippen LogP contribution is -2.49. The van der Waals surface area contributed by atoms with Crippen LogP contribution in [0.1, 0.15) is 13.8 Å². The number of aromatic nitrogens is 1. The van der Waals surface area contributed by atoms with E-state index in [0.29, 0.717) is 13.1 Å². The highest BCUT2D eigenvalue weighted by Gasteiger charge is 2.26. The summed E-state index contributed by atoms with van der Waals surface area (Å²) in [5.74, 6) is -1.89. The number of morpholine rings is 1. The van der Waals surface area contributed by atoms with Gasteiger partial charge in [0.05, 0.1) is 23.6 Å². The minimum Gasteiger partial charge on any atom is -0.372 e. The van der Waals surface area contributed by atoms with Crippen LogP contribution < -0.4 is 5.32 Å². The van der Waals surface area contributed by atoms with E-state index in [1.165, 1.54) is 17.8 Å². The molecule has 0 saturated carbocycles. The van der Waals surface area contributed by atoms with Gasteiger partial charge in [-0.3, -0.25) is 9.59 Å². The fraction of sp³-hybridized carbons (Fsp3) is 0.333. The number of benzene rings is 2. The molecule has 1 N–H and O–H groups in total. The van der Waals surface area contributed by atoms with Gasteiger partial charge in [0, 0.05) is 41.2 Å². The summed E-state index contributed by atoms with van der Waals surface area (Å²) in [6.45, 7) is 5.22. The molecule has 4 rings (SSSR count). The number of rotatable bonds is 6. The van der Waals surface area contributed by atoms with E-state index in [2.05, 4.69) is 5.32 Å². The van der Waals surface area contributed by atoms with Gasteiger partial charge in [0.1, 0.15) is 18.2 Å². The van der Waals surface area contributed by atoms with Crippen LogP contribution in [0.5, 0.6) is 0 Å². The van der Waals surface area contributed by atoms with E-state index in [-0.39, 0.29) is 36.1 Å². The molecule has 0 unspecified atom stereocenters. The molecule has 0 aliphatic carbocycles. The third-order valence-electron chi connectivity index (χ3n) is 5.39. The van der Waals surface area contributed by atoms with Gasteiger partial charge in [0.2, 0.25) is 11.8 Å². The maximum Gasteiger partial charge on any atom is 0.242 e. The Bertz CT molecular complexity index is 1170. The van der Waals surface area contributed by atoms with Gasteiger partial charge in [-0.15, -0.1) is 11.8 Å². The Morgan fingerprint density at radius 3 is 2.58 bits per heavy atom. The number of amides is 2. The van der Waals surface area contributed by atoms with Crippen LogP contribution in [-0.4, -0.2) is 52.3 Å². The molecule has 174 valence electrons. The molecular formula is C24H25F2N3O3S. The van der Waals surface area contributed by atoms with Crippen molar-refractivity contribution in [1.82, 2.24) is 9.47 Å². The van der Waals surface area contributed by atoms with Crippen molar-refractivity contribution in [2.75, 3.05) is 24.2 Å². The summed E-state index contributed by atoms with van der Waals surface area (Å²) in [4.78, 5) is 28.0. The Morgan fingerprint density at radius 2 is 1.85 bits per heavy atom. The number of fused-ring (bicyclic) bond motifs is 1. The normalized spacial score (nSPS) is 18.5. The Labute approximate surface area is 194 Å². The van der Waals surface area contributed by atoms with Crippen LogP contribution in [0.15, 0.2) is 53.6 Å². The van der Waals surface area contributed by atoms with Crippen molar-refractivity contribution in [3.05, 3.63) is 60.3 Å². The zero-order valence-corrected chi connectivity index (χ0v) is 19.2. The SMILES string of the molecule is C[C@H]1CN(C(=O)Cn2cc(SCC(=O)Nc3ccc(F)cc3F)c3ccccc32)C[C@H](C)O1. The van der Waals surface area contributed by atoms with Crippen molar-refractivity contribution < 1.29 is 23.1 Å². The highest BCUT2D eigenvalue weighted by Crippen LogP contribution is 2.30. The molecule has 1 aliphatic heterocycles. The highest BCUT2D eigenvalue weighted by molar-refractivity contribution is 8.00. The minimum atomic E-state index is -0.824. The zero-order chi connectivity index (χ0) is 23.5. The quantitative estimate of drug-likeness (QED) is 0.543. The first-order chi connectivity index (χ1) is 15.8. The average Bonchev–Trinajstić information content (AvgIpc) is 3.11. The molecule has 1 aliphatic rings. The number of ether oxygens (including phenoxy) is 1. The van der Waals surface area contributed by atoms with E-state index >= 15 is 0 Å². The number of hydrogen-bond acceptors (Lipinski definition) is 4. The van der Waals surface area contributed by atoms with Crippen LogP contribution in [0.4, 0.5) is 14.5 Å². The number of carbonyl (C=O) groups excluding carboxylic acids is 2. The molecule has 1 fully saturated rings. The zero-order valence-electron chi connectivity index (χ0n) is 18.4. The second-order valence-corrected chi connectivity index (χ2v) is 9.17. The van der Waals surface area contributed by atoms with Crippen LogP contribution in [0.25, 0.3) is 10.9 Å². The van der Waals surface area contributed by atoms with Crippen molar-refractivity contribution in [3.8, 4) is 0 Å². The smallest absolute Gasteiger partial charge is 0.242 e. The number of hydrogen-bond donors (Lipinski definition) is 1. The van der Waals surface area contributed by atoms with Gasteiger partial charge >= 0.3 is 0 Å². The molecule has 6 nitrogen and oxygen atoms in total. The van der Waals surface area contributed by atoms with Gasteiger partial charge in [-0.25, -0.2) is 8.78 Å². The lowest BCUT2D eigenvalue weighted by Gasteiger charge is -2.35. The molecule has 0 bridgehead atoms. The average molecular weight is 474 g/mol. The predicted molar refractivity (Wildman–Crippen MR) is 124 cm³/mol. The van der Waals surface area contributed by atoms with Gasteiger partial charge in [0.25, 0.3) is 0 Å². The van der Waals surface area contributed by atoms with Gasteiger partial charge in [-0.1, -0.05) is 18.2 Å². The molecule has 3 aromatic rings. The fourth-order valence-electron chi connectivity index (χ4n) is 4.01. The topological polar surface area (TPSA) is 63.6 Å². The van der Waals surface area contributed by atoms with Gasteiger partial charge in [-0.05, 0) is 32.0 Å². The second kappa shape index (κ2) is 9.93. The first-order valence-corrected chi connectivity index (χ1v) is 11.7. The van der Waals surface area contributed by atoms with Crippen molar-refractivity contribution in [2.45, 2.75) is 37.5 Å². The minimum absolute atomic E-state index is 0.00493. The molecule has 2 heterocycles. The number of halogens is 2. The number of nitrogens with one attached hydrogen (secondary N) is 1. The summed E-state index contributed by atoms with van der Waals surface area (Å²) in [5, 5.41) is 3.40. The highest BCUT2D eigenvalue weighted by atomic mass is 32.2. The molecule has 9 heteroatoms. The standard InChI is InChI=1S/C24H25F2N3O3S/c1-15-10-29(11-16(2)32-15)24(31)13-28-12-22(18-5-3-4-6-21(18)28)33-14-23(30)27-20-8-7-17(25)9-19(20)26/h3-9,12,15-16H,10-11,13-14H2,1-2H3,(H,27,30)/t15-,16-/m0/s1. The first kappa shape index (κ1) is 23.3. The summed E-state index contributed by atoms with van der Waals surface area (Å²) in [6.07, 6.45) is 1.86. The molecule has 0 radical (unpaired) electrons. The first-order valence-electron chi connectivity index (χ1n) is 10.7. The largest absolute Gasteiger partial charge is 0.372 e. The van der Waals surface area contributed by atoms with Crippen LogP contribution in [0.2, 0.25) is 0 Å². The molecule has 33 heavy (non-hydrogen) atoms. The monoisotopic (exact) mass is 473 g/mol. The Hall–Kier alpha value is -2.91. The third-order valence-corrected chi connectivity index (χ3v) is 6.44. The van der Waals surface area contributed by atoms with Crippen LogP contribution >= 0.6 is 11.8 Å². The Kier molecular flexibility index (Phi) is 6.99. The van der Waals surface area contributed by atoms with Crippen molar-refractivity contribution in [3.63, 3.8) is 0 Å². The lowest BCUT2D eigenvalue weighted by molar-refractivity contribution is -0.143. The van der Waals surface area contributed by atoms with Crippen molar-refractivity contribution in [2.24, 2.45) is 0 Å². The number of thioether (sulfide) groups is 1. The van der Waals surface area contributed by atoms with E-state index in [4.69, 9.17) is 4.74 Å². The number of anilines is 1. The van der Waals surface area contributed by atoms with Gasteiger partial charge < -0.3 is 19.5 Å². The van der Waals surface area contributed by atoms with Crippen LogP contribution in [-0.2, 0) is 20.9 Å². The molecule has 2 aromatic carbocycles. The Morgan fingerprint density at radius 1 is 1.12 bits per heavy atom. The number of carbonyl (C=O) groups is 2. The van der Waals surface area contributed by atoms with Crippen LogP contribution in [0, 0.1) is 11.6 Å². The molecule has 1 aromatic heterocycles. The number of para-hydroxylation sites is 1. The van der Waals surface area contributed by atoms with E-state index in [1.807, 2.05) is 53.8 Å². The predicted octanol–water partition coefficient (Wildman–Crippen LogP) is 4.29. The summed E-state index contributed by atoms with van der Waals surface area (Å²) in [5.41, 5.74) is 0.830. The fourth-order valence-corrected chi connectivity index (χ4v) is 4.90. The van der Waals surface area contributed by atoms with Gasteiger partial charge in [-0.2, -0.15) is 0 Å². The molecule has 2 amide bonds. The third kappa shape index (κ3) is 5.54. The van der Waals surface area contributed by atoms with E-state index in [9.17, 15) is 18.4 Å². The summed E-state index contributed by atoms with van der Waals surface area (Å²) in [6, 6.07) is 10.7. The summed E-state index contributed by atoms with van der Waals surface area (Å²) >= 11 is 1.30. The molecule has 1 saturated heterocycles. The van der Waals surface area contributed by atoms with E-state index < -0.39 is 17.5 Å². The van der Waals surface area contributed by atoms with Crippen LogP contribution in [0.3, 0.4) is 0 Å².